The third-order valence-corrected chi connectivity index (χ3v) is 2.31. The molecule has 5 nitrogen and oxygen atoms in total. The van der Waals surface area contributed by atoms with Gasteiger partial charge in [-0.1, -0.05) is 24.4 Å². The molecule has 0 amide bonds. The average Bonchev–Trinajstić information content (AvgIpc) is 2.23. The largest absolute Gasteiger partial charge is 0.427 e. The van der Waals surface area contributed by atoms with Crippen molar-refractivity contribution in [3.63, 3.8) is 0 Å². The SMILES string of the molecule is N=c1c(=S)n(O)c2ccccc2n1O. The van der Waals surface area contributed by atoms with Crippen molar-refractivity contribution in [2.75, 3.05) is 0 Å². The fourth-order valence-corrected chi connectivity index (χ4v) is 1.43. The number of fused-ring (bicyclic) bond motifs is 1. The van der Waals surface area contributed by atoms with Crippen molar-refractivity contribution in [1.82, 2.24) is 9.46 Å². The molecule has 0 saturated carbocycles. The summed E-state index contributed by atoms with van der Waals surface area (Å²) in [6.45, 7) is 0. The smallest absolute Gasteiger partial charge is 0.200 e. The number of hydrogen-bond donors (Lipinski definition) is 3. The summed E-state index contributed by atoms with van der Waals surface area (Å²) >= 11 is 4.75. The van der Waals surface area contributed by atoms with Crippen LogP contribution in [0.5, 0.6) is 0 Å². The zero-order valence-electron chi connectivity index (χ0n) is 7.01. The molecule has 0 fully saturated rings. The van der Waals surface area contributed by atoms with Gasteiger partial charge in [-0.15, -0.1) is 0 Å². The quantitative estimate of drug-likeness (QED) is 0.449. The monoisotopic (exact) mass is 209 g/mol. The molecule has 0 saturated heterocycles. The highest BCUT2D eigenvalue weighted by Crippen LogP contribution is 2.09. The summed E-state index contributed by atoms with van der Waals surface area (Å²) in [7, 11) is 0. The molecule has 0 aliphatic rings. The molecule has 0 bridgehead atoms. The molecular formula is C8H7N3O2S. The molecule has 2 rings (SSSR count). The normalized spacial score (nSPS) is 10.6. The van der Waals surface area contributed by atoms with E-state index in [0.717, 1.165) is 0 Å². The fourth-order valence-electron chi connectivity index (χ4n) is 1.24. The standard InChI is InChI=1S/C8H7N3O2S/c9-7-8(14)11(13)6-4-2-1-3-5(6)10(7)12/h1-4,9,12-13H. The van der Waals surface area contributed by atoms with Crippen LogP contribution in [-0.4, -0.2) is 19.9 Å². The van der Waals surface area contributed by atoms with Gasteiger partial charge < -0.3 is 10.4 Å². The maximum atomic E-state index is 9.53. The Kier molecular flexibility index (Phi) is 1.78. The molecule has 1 heterocycles. The van der Waals surface area contributed by atoms with Gasteiger partial charge in [0, 0.05) is 0 Å². The number of para-hydroxylation sites is 2. The van der Waals surface area contributed by atoms with Crippen molar-refractivity contribution in [3.8, 4) is 0 Å². The van der Waals surface area contributed by atoms with Crippen molar-refractivity contribution in [3.05, 3.63) is 34.4 Å². The third-order valence-electron chi connectivity index (χ3n) is 1.94. The van der Waals surface area contributed by atoms with Crippen LogP contribution in [0.1, 0.15) is 0 Å². The van der Waals surface area contributed by atoms with Gasteiger partial charge in [-0.05, 0) is 12.1 Å². The Hall–Kier alpha value is -1.82. The van der Waals surface area contributed by atoms with E-state index in [9.17, 15) is 10.4 Å². The molecule has 14 heavy (non-hydrogen) atoms. The van der Waals surface area contributed by atoms with Gasteiger partial charge in [0.15, 0.2) is 10.1 Å². The van der Waals surface area contributed by atoms with E-state index in [-0.39, 0.29) is 10.1 Å². The minimum absolute atomic E-state index is 0.133. The molecule has 2 aromatic rings. The number of aromatic nitrogens is 2. The Morgan fingerprint density at radius 3 is 2.14 bits per heavy atom. The molecule has 6 heteroatoms. The molecule has 0 unspecified atom stereocenters. The maximum Gasteiger partial charge on any atom is 0.200 e. The van der Waals surface area contributed by atoms with Crippen LogP contribution in [0, 0.1) is 10.0 Å². The molecule has 0 aliphatic heterocycles. The van der Waals surface area contributed by atoms with Crippen LogP contribution < -0.4 is 5.49 Å². The molecule has 0 spiro atoms. The lowest BCUT2D eigenvalue weighted by Gasteiger charge is -2.07. The maximum absolute atomic E-state index is 9.53. The highest BCUT2D eigenvalue weighted by molar-refractivity contribution is 7.71. The highest BCUT2D eigenvalue weighted by Gasteiger charge is 2.05. The van der Waals surface area contributed by atoms with Crippen LogP contribution in [0.2, 0.25) is 0 Å². The minimum atomic E-state index is -0.318. The predicted octanol–water partition coefficient (Wildman–Crippen LogP) is 1.13. The van der Waals surface area contributed by atoms with Crippen molar-refractivity contribution in [1.29, 1.82) is 5.41 Å². The minimum Gasteiger partial charge on any atom is -0.427 e. The second-order valence-corrected chi connectivity index (χ2v) is 3.15. The van der Waals surface area contributed by atoms with Gasteiger partial charge in [-0.2, -0.15) is 9.46 Å². The number of nitrogens with one attached hydrogen (secondary N) is 1. The molecule has 0 aliphatic carbocycles. The summed E-state index contributed by atoms with van der Waals surface area (Å²) in [6.07, 6.45) is 0. The van der Waals surface area contributed by atoms with Crippen molar-refractivity contribution >= 4 is 23.3 Å². The van der Waals surface area contributed by atoms with Crippen LogP contribution in [0.3, 0.4) is 0 Å². The van der Waals surface area contributed by atoms with Gasteiger partial charge in [0.2, 0.25) is 0 Å². The van der Waals surface area contributed by atoms with E-state index in [1.807, 2.05) is 0 Å². The molecular weight excluding hydrogens is 202 g/mol. The summed E-state index contributed by atoms with van der Waals surface area (Å²) in [5.74, 6) is 0. The van der Waals surface area contributed by atoms with E-state index in [2.05, 4.69) is 0 Å². The topological polar surface area (TPSA) is 74.2 Å². The second-order valence-electron chi connectivity index (χ2n) is 2.77. The Morgan fingerprint density at radius 1 is 1.07 bits per heavy atom. The van der Waals surface area contributed by atoms with Crippen molar-refractivity contribution < 1.29 is 10.4 Å². The summed E-state index contributed by atoms with van der Waals surface area (Å²) in [5.41, 5.74) is 0.366. The molecule has 0 radical (unpaired) electrons. The van der Waals surface area contributed by atoms with Crippen LogP contribution in [0.25, 0.3) is 11.0 Å². The van der Waals surface area contributed by atoms with E-state index in [1.54, 1.807) is 24.3 Å². The first kappa shape index (κ1) is 8.76. The van der Waals surface area contributed by atoms with E-state index in [1.165, 1.54) is 0 Å². The summed E-state index contributed by atoms with van der Waals surface area (Å²) in [6, 6.07) is 6.57. The third kappa shape index (κ3) is 1.01. The van der Waals surface area contributed by atoms with E-state index >= 15 is 0 Å². The predicted molar refractivity (Wildman–Crippen MR) is 51.0 cm³/mol. The molecule has 72 valence electrons. The van der Waals surface area contributed by atoms with Crippen molar-refractivity contribution in [2.24, 2.45) is 0 Å². The van der Waals surface area contributed by atoms with Crippen molar-refractivity contribution in [2.45, 2.75) is 0 Å². The number of hydrogen-bond acceptors (Lipinski definition) is 4. The van der Waals surface area contributed by atoms with Crippen LogP contribution in [-0.2, 0) is 0 Å². The number of rotatable bonds is 0. The van der Waals surface area contributed by atoms with Crippen LogP contribution in [0.15, 0.2) is 24.3 Å². The molecule has 1 aromatic heterocycles. The first-order valence-electron chi connectivity index (χ1n) is 3.83. The Balaban J connectivity index is 3.19. The number of benzene rings is 1. The summed E-state index contributed by atoms with van der Waals surface area (Å²) < 4.78 is 1.22. The summed E-state index contributed by atoms with van der Waals surface area (Å²) in [5, 5.41) is 26.4. The van der Waals surface area contributed by atoms with E-state index in [4.69, 9.17) is 17.6 Å². The molecule has 3 N–H and O–H groups in total. The summed E-state index contributed by atoms with van der Waals surface area (Å²) in [4.78, 5) is 0. The lowest BCUT2D eigenvalue weighted by atomic mass is 10.3. The lowest BCUT2D eigenvalue weighted by molar-refractivity contribution is 0.158. The van der Waals surface area contributed by atoms with Gasteiger partial charge >= 0.3 is 0 Å². The lowest BCUT2D eigenvalue weighted by Crippen LogP contribution is -2.23. The molecule has 0 atom stereocenters. The Bertz CT molecular complexity index is 559. The first-order valence-corrected chi connectivity index (χ1v) is 4.23. The van der Waals surface area contributed by atoms with Crippen LogP contribution in [0.4, 0.5) is 0 Å². The zero-order valence-corrected chi connectivity index (χ0v) is 7.82. The Labute approximate surface area is 83.5 Å². The highest BCUT2D eigenvalue weighted by atomic mass is 32.1. The average molecular weight is 209 g/mol. The Morgan fingerprint density at radius 2 is 1.57 bits per heavy atom. The molecule has 1 aromatic carbocycles. The van der Waals surface area contributed by atoms with Gasteiger partial charge in [-0.25, -0.2) is 0 Å². The van der Waals surface area contributed by atoms with Gasteiger partial charge in [0.25, 0.3) is 0 Å². The fraction of sp³-hybridized carbons (Fsp3) is 0. The van der Waals surface area contributed by atoms with E-state index < -0.39 is 0 Å². The van der Waals surface area contributed by atoms with E-state index in [0.29, 0.717) is 20.5 Å². The first-order chi connectivity index (χ1) is 6.63. The number of nitrogens with zero attached hydrogens (tertiary/aromatic N) is 2. The van der Waals surface area contributed by atoms with Gasteiger partial charge in [-0.3, -0.25) is 5.41 Å². The van der Waals surface area contributed by atoms with Gasteiger partial charge in [0.1, 0.15) is 11.0 Å². The van der Waals surface area contributed by atoms with Crippen LogP contribution >= 0.6 is 12.2 Å². The second kappa shape index (κ2) is 2.85. The zero-order chi connectivity index (χ0) is 10.3. The van der Waals surface area contributed by atoms with Gasteiger partial charge in [0.05, 0.1) is 0 Å².